The predicted octanol–water partition coefficient (Wildman–Crippen LogP) is 3.75. The van der Waals surface area contributed by atoms with E-state index in [9.17, 15) is 4.79 Å². The van der Waals surface area contributed by atoms with Gasteiger partial charge in [0.05, 0.1) is 17.8 Å². The lowest BCUT2D eigenvalue weighted by molar-refractivity contribution is -0.136. The zero-order valence-electron chi connectivity index (χ0n) is 14.3. The van der Waals surface area contributed by atoms with E-state index in [4.69, 9.17) is 5.11 Å². The molecular weight excluding hydrogens is 318 g/mol. The van der Waals surface area contributed by atoms with E-state index in [2.05, 4.69) is 15.2 Å². The Kier molecular flexibility index (Phi) is 4.47. The quantitative estimate of drug-likeness (QED) is 0.719. The second kappa shape index (κ2) is 6.72. The number of carboxylic acid groups (broad SMARTS) is 1. The van der Waals surface area contributed by atoms with Crippen LogP contribution in [0.3, 0.4) is 0 Å². The van der Waals surface area contributed by atoms with Crippen LogP contribution < -0.4 is 4.90 Å². The third-order valence-electron chi connectivity index (χ3n) is 3.77. The van der Waals surface area contributed by atoms with Gasteiger partial charge in [0.1, 0.15) is 5.65 Å². The molecule has 7 heteroatoms. The molecule has 7 nitrogen and oxygen atoms in total. The average Bonchev–Trinajstić information content (AvgIpc) is 2.88. The molecule has 0 aliphatic rings. The van der Waals surface area contributed by atoms with Crippen molar-refractivity contribution in [1.29, 1.82) is 0 Å². The summed E-state index contributed by atoms with van der Waals surface area (Å²) in [7, 11) is 3.93. The molecule has 1 aromatic carbocycles. The SMILES string of the molecule is Cc1ccn2c(N=Nc3ccc(N(C)C)cc3)c(CC(=O)O)nc2c1. The van der Waals surface area contributed by atoms with Crippen LogP contribution in [0.5, 0.6) is 0 Å². The number of anilines is 1. The van der Waals surface area contributed by atoms with Crippen molar-refractivity contribution < 1.29 is 9.90 Å². The van der Waals surface area contributed by atoms with Crippen molar-refractivity contribution in [1.82, 2.24) is 9.38 Å². The summed E-state index contributed by atoms with van der Waals surface area (Å²) in [6.07, 6.45) is 1.63. The van der Waals surface area contributed by atoms with E-state index in [1.807, 2.05) is 68.5 Å². The van der Waals surface area contributed by atoms with Gasteiger partial charge in [-0.2, -0.15) is 0 Å². The van der Waals surface area contributed by atoms with Gasteiger partial charge >= 0.3 is 5.97 Å². The fourth-order valence-electron chi connectivity index (χ4n) is 2.47. The molecule has 0 amide bonds. The molecule has 0 saturated heterocycles. The predicted molar refractivity (Wildman–Crippen MR) is 96.2 cm³/mol. The summed E-state index contributed by atoms with van der Waals surface area (Å²) < 4.78 is 1.75. The van der Waals surface area contributed by atoms with Crippen LogP contribution in [0.1, 0.15) is 11.3 Å². The average molecular weight is 337 g/mol. The first kappa shape index (κ1) is 16.6. The van der Waals surface area contributed by atoms with Gasteiger partial charge < -0.3 is 10.0 Å². The molecule has 1 N–H and O–H groups in total. The van der Waals surface area contributed by atoms with Crippen molar-refractivity contribution >= 4 is 28.8 Å². The van der Waals surface area contributed by atoms with E-state index < -0.39 is 5.97 Å². The summed E-state index contributed by atoms with van der Waals surface area (Å²) in [5, 5.41) is 17.6. The van der Waals surface area contributed by atoms with Crippen molar-refractivity contribution in [3.8, 4) is 0 Å². The summed E-state index contributed by atoms with van der Waals surface area (Å²) in [5.74, 6) is -0.513. The number of benzene rings is 1. The van der Waals surface area contributed by atoms with E-state index in [0.29, 0.717) is 22.8 Å². The fourth-order valence-corrected chi connectivity index (χ4v) is 2.47. The highest BCUT2D eigenvalue weighted by molar-refractivity contribution is 5.72. The van der Waals surface area contributed by atoms with Crippen LogP contribution >= 0.6 is 0 Å². The molecule has 0 fully saturated rings. The fraction of sp³-hybridized carbons (Fsp3) is 0.222. The van der Waals surface area contributed by atoms with Crippen LogP contribution in [0, 0.1) is 6.92 Å². The Labute approximate surface area is 145 Å². The third-order valence-corrected chi connectivity index (χ3v) is 3.77. The van der Waals surface area contributed by atoms with Crippen molar-refractivity contribution in [2.24, 2.45) is 10.2 Å². The van der Waals surface area contributed by atoms with Gasteiger partial charge in [-0.25, -0.2) is 4.98 Å². The maximum absolute atomic E-state index is 11.1. The lowest BCUT2D eigenvalue weighted by Crippen LogP contribution is -2.07. The Hall–Kier alpha value is -3.22. The number of hydrogen-bond donors (Lipinski definition) is 1. The minimum Gasteiger partial charge on any atom is -0.481 e. The monoisotopic (exact) mass is 337 g/mol. The summed E-state index contributed by atoms with van der Waals surface area (Å²) in [6, 6.07) is 11.4. The Bertz CT molecular complexity index is 942. The van der Waals surface area contributed by atoms with Crippen LogP contribution in [0.15, 0.2) is 52.8 Å². The van der Waals surface area contributed by atoms with Gasteiger partial charge in [-0.05, 0) is 48.9 Å². The zero-order chi connectivity index (χ0) is 18.0. The van der Waals surface area contributed by atoms with E-state index in [0.717, 1.165) is 11.3 Å². The summed E-state index contributed by atoms with van der Waals surface area (Å²) >= 11 is 0. The van der Waals surface area contributed by atoms with Crippen LogP contribution in [0.25, 0.3) is 5.65 Å². The maximum Gasteiger partial charge on any atom is 0.309 e. The smallest absolute Gasteiger partial charge is 0.309 e. The molecule has 2 aromatic heterocycles. The molecule has 25 heavy (non-hydrogen) atoms. The molecule has 0 spiro atoms. The van der Waals surface area contributed by atoms with Gasteiger partial charge in [-0.15, -0.1) is 10.2 Å². The van der Waals surface area contributed by atoms with Gasteiger partial charge in [0.25, 0.3) is 0 Å². The molecule has 0 radical (unpaired) electrons. The highest BCUT2D eigenvalue weighted by Crippen LogP contribution is 2.26. The van der Waals surface area contributed by atoms with Crippen LogP contribution in [0.4, 0.5) is 17.2 Å². The number of rotatable bonds is 5. The van der Waals surface area contributed by atoms with Crippen molar-refractivity contribution in [3.63, 3.8) is 0 Å². The lowest BCUT2D eigenvalue weighted by atomic mass is 10.3. The van der Waals surface area contributed by atoms with Gasteiger partial charge in [-0.3, -0.25) is 9.20 Å². The Balaban J connectivity index is 1.99. The molecular formula is C18H19N5O2. The first-order valence-corrected chi connectivity index (χ1v) is 7.82. The van der Waals surface area contributed by atoms with E-state index in [1.54, 1.807) is 4.40 Å². The third kappa shape index (κ3) is 3.65. The largest absolute Gasteiger partial charge is 0.481 e. The summed E-state index contributed by atoms with van der Waals surface area (Å²) in [5.41, 5.74) is 3.85. The Morgan fingerprint density at radius 2 is 1.92 bits per heavy atom. The molecule has 2 heterocycles. The number of azo groups is 1. The van der Waals surface area contributed by atoms with Gasteiger partial charge in [-0.1, -0.05) is 0 Å². The standard InChI is InChI=1S/C18H19N5O2/c1-12-8-9-23-16(10-12)19-15(11-17(24)25)18(23)21-20-13-4-6-14(7-5-13)22(2)3/h4-10H,11H2,1-3H3,(H,24,25). The molecule has 0 aliphatic carbocycles. The highest BCUT2D eigenvalue weighted by Gasteiger charge is 2.15. The molecule has 0 unspecified atom stereocenters. The number of nitrogens with zero attached hydrogens (tertiary/aromatic N) is 5. The van der Waals surface area contributed by atoms with Gasteiger partial charge in [0, 0.05) is 26.0 Å². The summed E-state index contributed by atoms with van der Waals surface area (Å²) in [6.45, 7) is 1.96. The summed E-state index contributed by atoms with van der Waals surface area (Å²) in [4.78, 5) is 17.5. The molecule has 0 atom stereocenters. The Morgan fingerprint density at radius 3 is 2.56 bits per heavy atom. The second-order valence-electron chi connectivity index (χ2n) is 6.00. The number of pyridine rings is 1. The maximum atomic E-state index is 11.1. The number of fused-ring (bicyclic) bond motifs is 1. The van der Waals surface area contributed by atoms with Gasteiger partial charge in [0.15, 0.2) is 5.82 Å². The van der Waals surface area contributed by atoms with Gasteiger partial charge in [0.2, 0.25) is 0 Å². The number of aryl methyl sites for hydroxylation is 1. The van der Waals surface area contributed by atoms with Crippen LogP contribution in [0.2, 0.25) is 0 Å². The number of aliphatic carboxylic acids is 1. The van der Waals surface area contributed by atoms with Crippen LogP contribution in [-0.2, 0) is 11.2 Å². The number of carboxylic acids is 1. The van der Waals surface area contributed by atoms with Crippen molar-refractivity contribution in [3.05, 3.63) is 53.9 Å². The number of carbonyl (C=O) groups is 1. The van der Waals surface area contributed by atoms with E-state index in [1.165, 1.54) is 0 Å². The molecule has 3 aromatic rings. The number of hydrogen-bond acceptors (Lipinski definition) is 5. The first-order chi connectivity index (χ1) is 11.9. The minimum atomic E-state index is -0.952. The molecule has 0 saturated carbocycles. The zero-order valence-corrected chi connectivity index (χ0v) is 14.3. The first-order valence-electron chi connectivity index (χ1n) is 7.82. The van der Waals surface area contributed by atoms with Crippen LogP contribution in [-0.4, -0.2) is 34.6 Å². The topological polar surface area (TPSA) is 82.6 Å². The second-order valence-corrected chi connectivity index (χ2v) is 6.00. The molecule has 128 valence electrons. The van der Waals surface area contributed by atoms with Crippen molar-refractivity contribution in [2.45, 2.75) is 13.3 Å². The Morgan fingerprint density at radius 1 is 1.20 bits per heavy atom. The molecule has 0 bridgehead atoms. The lowest BCUT2D eigenvalue weighted by Gasteiger charge is -2.11. The highest BCUT2D eigenvalue weighted by atomic mass is 16.4. The van der Waals surface area contributed by atoms with E-state index in [-0.39, 0.29) is 6.42 Å². The van der Waals surface area contributed by atoms with Crippen molar-refractivity contribution in [2.75, 3.05) is 19.0 Å². The normalized spacial score (nSPS) is 11.3. The molecule has 3 rings (SSSR count). The number of imidazole rings is 1. The minimum absolute atomic E-state index is 0.200. The van der Waals surface area contributed by atoms with E-state index >= 15 is 0 Å². The number of aromatic nitrogens is 2. The molecule has 0 aliphatic heterocycles.